The van der Waals surface area contributed by atoms with Crippen LogP contribution in [0.25, 0.3) is 0 Å². The molecule has 0 atom stereocenters. The van der Waals surface area contributed by atoms with Crippen LogP contribution in [0.4, 0.5) is 0 Å². The first-order chi connectivity index (χ1) is 8.79. The summed E-state index contributed by atoms with van der Waals surface area (Å²) in [5.74, 6) is 0. The number of hydrogen-bond acceptors (Lipinski definition) is 3. The van der Waals surface area contributed by atoms with Crippen LogP contribution in [0.15, 0.2) is 18.7 Å². The average molecular weight is 250 g/mol. The normalized spacial score (nSPS) is 24.6. The van der Waals surface area contributed by atoms with Gasteiger partial charge in [-0.2, -0.15) is 0 Å². The molecular weight excluding hydrogens is 224 g/mol. The maximum atomic E-state index is 5.99. The van der Waals surface area contributed by atoms with Crippen LogP contribution in [0.2, 0.25) is 0 Å². The van der Waals surface area contributed by atoms with Crippen LogP contribution in [0.1, 0.15) is 39.0 Å². The highest BCUT2D eigenvalue weighted by Crippen LogP contribution is 2.22. The van der Waals surface area contributed by atoms with Crippen LogP contribution >= 0.6 is 0 Å². The SMILES string of the molecule is CCCN(CCn1ccnc1)C1CCC(N)CC1. The van der Waals surface area contributed by atoms with E-state index in [-0.39, 0.29) is 0 Å². The number of aromatic nitrogens is 2. The van der Waals surface area contributed by atoms with Crippen molar-refractivity contribution < 1.29 is 0 Å². The standard InChI is InChI=1S/C14H26N4/c1-2-8-18(11-10-17-9-7-16-12-17)14-5-3-13(15)4-6-14/h7,9,12-14H,2-6,8,10-11,15H2,1H3. The monoisotopic (exact) mass is 250 g/mol. The molecule has 18 heavy (non-hydrogen) atoms. The molecule has 1 aliphatic carbocycles. The van der Waals surface area contributed by atoms with E-state index in [2.05, 4.69) is 21.4 Å². The second-order valence-electron chi connectivity index (χ2n) is 5.41. The van der Waals surface area contributed by atoms with Crippen molar-refractivity contribution in [2.24, 2.45) is 5.73 Å². The molecule has 1 aliphatic rings. The Morgan fingerprint density at radius 3 is 2.67 bits per heavy atom. The first-order valence-corrected chi connectivity index (χ1v) is 7.25. The Hall–Kier alpha value is -0.870. The predicted octanol–water partition coefficient (Wildman–Crippen LogP) is 1.86. The highest BCUT2D eigenvalue weighted by Gasteiger charge is 2.23. The van der Waals surface area contributed by atoms with E-state index in [1.54, 1.807) is 0 Å². The summed E-state index contributed by atoms with van der Waals surface area (Å²) in [5, 5.41) is 0. The first kappa shape index (κ1) is 13.6. The van der Waals surface area contributed by atoms with Crippen molar-refractivity contribution in [3.05, 3.63) is 18.7 Å². The average Bonchev–Trinajstić information content (AvgIpc) is 2.89. The lowest BCUT2D eigenvalue weighted by molar-refractivity contribution is 0.144. The molecule has 1 aromatic heterocycles. The molecule has 0 aromatic carbocycles. The molecule has 2 N–H and O–H groups in total. The van der Waals surface area contributed by atoms with Crippen molar-refractivity contribution in [1.29, 1.82) is 0 Å². The van der Waals surface area contributed by atoms with Gasteiger partial charge in [0.05, 0.1) is 6.33 Å². The summed E-state index contributed by atoms with van der Waals surface area (Å²) < 4.78 is 2.16. The Morgan fingerprint density at radius 2 is 2.06 bits per heavy atom. The molecular formula is C14H26N4. The number of rotatable bonds is 6. The molecule has 2 rings (SSSR count). The highest BCUT2D eigenvalue weighted by molar-refractivity contribution is 4.82. The lowest BCUT2D eigenvalue weighted by atomic mass is 9.90. The van der Waals surface area contributed by atoms with Gasteiger partial charge in [-0.25, -0.2) is 4.98 Å². The zero-order valence-electron chi connectivity index (χ0n) is 11.5. The molecule has 0 aliphatic heterocycles. The summed E-state index contributed by atoms with van der Waals surface area (Å²) in [4.78, 5) is 6.74. The van der Waals surface area contributed by atoms with E-state index in [4.69, 9.17) is 5.73 Å². The Bertz CT molecular complexity index is 315. The highest BCUT2D eigenvalue weighted by atomic mass is 15.2. The van der Waals surface area contributed by atoms with E-state index in [0.717, 1.165) is 19.1 Å². The fourth-order valence-corrected chi connectivity index (χ4v) is 2.89. The third-order valence-electron chi connectivity index (χ3n) is 3.97. The van der Waals surface area contributed by atoms with E-state index in [1.165, 1.54) is 38.6 Å². The number of imidazole rings is 1. The molecule has 1 heterocycles. The fourth-order valence-electron chi connectivity index (χ4n) is 2.89. The molecule has 1 fully saturated rings. The second kappa shape index (κ2) is 6.90. The molecule has 0 spiro atoms. The minimum absolute atomic E-state index is 0.443. The summed E-state index contributed by atoms with van der Waals surface area (Å²) in [6, 6.07) is 1.19. The Labute approximate surface area is 110 Å². The lowest BCUT2D eigenvalue weighted by Gasteiger charge is -2.36. The maximum Gasteiger partial charge on any atom is 0.0946 e. The minimum atomic E-state index is 0.443. The quantitative estimate of drug-likeness (QED) is 0.838. The van der Waals surface area contributed by atoms with Gasteiger partial charge in [-0.3, -0.25) is 4.90 Å². The molecule has 0 saturated heterocycles. The van der Waals surface area contributed by atoms with Gasteiger partial charge in [-0.05, 0) is 38.6 Å². The van der Waals surface area contributed by atoms with Gasteiger partial charge >= 0.3 is 0 Å². The van der Waals surface area contributed by atoms with Crippen molar-refractivity contribution in [1.82, 2.24) is 14.5 Å². The number of nitrogens with zero attached hydrogens (tertiary/aromatic N) is 3. The summed E-state index contributed by atoms with van der Waals surface area (Å²) in [7, 11) is 0. The molecule has 4 nitrogen and oxygen atoms in total. The fraction of sp³-hybridized carbons (Fsp3) is 0.786. The van der Waals surface area contributed by atoms with Crippen LogP contribution in [0, 0.1) is 0 Å². The van der Waals surface area contributed by atoms with Crippen LogP contribution in [0.5, 0.6) is 0 Å². The molecule has 0 unspecified atom stereocenters. The van der Waals surface area contributed by atoms with Crippen molar-refractivity contribution in [3.63, 3.8) is 0 Å². The Kier molecular flexibility index (Phi) is 5.20. The predicted molar refractivity (Wildman–Crippen MR) is 74.3 cm³/mol. The van der Waals surface area contributed by atoms with Crippen LogP contribution in [-0.2, 0) is 6.54 Å². The van der Waals surface area contributed by atoms with E-state index in [1.807, 2.05) is 18.7 Å². The number of hydrogen-bond donors (Lipinski definition) is 1. The largest absolute Gasteiger partial charge is 0.336 e. The lowest BCUT2D eigenvalue weighted by Crippen LogP contribution is -2.42. The van der Waals surface area contributed by atoms with Crippen LogP contribution in [-0.4, -0.2) is 39.6 Å². The van der Waals surface area contributed by atoms with Crippen molar-refractivity contribution >= 4 is 0 Å². The van der Waals surface area contributed by atoms with Crippen LogP contribution < -0.4 is 5.73 Å². The molecule has 0 radical (unpaired) electrons. The van der Waals surface area contributed by atoms with Crippen molar-refractivity contribution in [2.45, 2.75) is 57.7 Å². The molecule has 1 aromatic rings. The third-order valence-corrected chi connectivity index (χ3v) is 3.97. The summed E-state index contributed by atoms with van der Waals surface area (Å²) >= 11 is 0. The van der Waals surface area contributed by atoms with Gasteiger partial charge in [0.25, 0.3) is 0 Å². The van der Waals surface area contributed by atoms with Gasteiger partial charge in [0.2, 0.25) is 0 Å². The Morgan fingerprint density at radius 1 is 1.28 bits per heavy atom. The summed E-state index contributed by atoms with van der Waals surface area (Å²) in [6.07, 6.45) is 11.9. The van der Waals surface area contributed by atoms with Gasteiger partial charge in [0.15, 0.2) is 0 Å². The zero-order chi connectivity index (χ0) is 12.8. The topological polar surface area (TPSA) is 47.1 Å². The third kappa shape index (κ3) is 3.82. The molecule has 0 bridgehead atoms. The van der Waals surface area contributed by atoms with E-state index >= 15 is 0 Å². The second-order valence-corrected chi connectivity index (χ2v) is 5.41. The van der Waals surface area contributed by atoms with E-state index in [9.17, 15) is 0 Å². The first-order valence-electron chi connectivity index (χ1n) is 7.25. The zero-order valence-corrected chi connectivity index (χ0v) is 11.5. The van der Waals surface area contributed by atoms with Gasteiger partial charge in [-0.1, -0.05) is 6.92 Å². The van der Waals surface area contributed by atoms with Gasteiger partial charge < -0.3 is 10.3 Å². The minimum Gasteiger partial charge on any atom is -0.336 e. The summed E-state index contributed by atoms with van der Waals surface area (Å²) in [5.41, 5.74) is 5.99. The smallest absolute Gasteiger partial charge is 0.0946 e. The number of nitrogens with two attached hydrogens (primary N) is 1. The molecule has 1 saturated carbocycles. The van der Waals surface area contributed by atoms with Gasteiger partial charge in [-0.15, -0.1) is 0 Å². The maximum absolute atomic E-state index is 5.99. The van der Waals surface area contributed by atoms with E-state index in [0.29, 0.717) is 6.04 Å². The van der Waals surface area contributed by atoms with Gasteiger partial charge in [0.1, 0.15) is 0 Å². The molecule has 4 heteroatoms. The summed E-state index contributed by atoms with van der Waals surface area (Å²) in [6.45, 7) is 5.64. The molecule has 0 amide bonds. The molecule has 102 valence electrons. The van der Waals surface area contributed by atoms with Crippen molar-refractivity contribution in [2.75, 3.05) is 13.1 Å². The Balaban J connectivity index is 1.83. The van der Waals surface area contributed by atoms with Crippen molar-refractivity contribution in [3.8, 4) is 0 Å². The van der Waals surface area contributed by atoms with Crippen LogP contribution in [0.3, 0.4) is 0 Å². The van der Waals surface area contributed by atoms with E-state index < -0.39 is 0 Å². The van der Waals surface area contributed by atoms with Gasteiger partial charge in [0, 0.05) is 37.6 Å².